The van der Waals surface area contributed by atoms with Gasteiger partial charge in [-0.15, -0.1) is 11.3 Å². The lowest BCUT2D eigenvalue weighted by Gasteiger charge is -2.09. The number of aryl methyl sites for hydroxylation is 2. The minimum Gasteiger partial charge on any atom is -0.296 e. The number of thiazole rings is 1. The average Bonchev–Trinajstić information content (AvgIpc) is 3.06. The second kappa shape index (κ2) is 4.31. The van der Waals surface area contributed by atoms with Crippen LogP contribution in [0.1, 0.15) is 24.4 Å². The van der Waals surface area contributed by atoms with Gasteiger partial charge in [-0.3, -0.25) is 9.36 Å². The maximum absolute atomic E-state index is 12.5. The summed E-state index contributed by atoms with van der Waals surface area (Å²) in [4.78, 5) is 21.2. The van der Waals surface area contributed by atoms with E-state index in [9.17, 15) is 4.79 Å². The minimum absolute atomic E-state index is 0.0451. The maximum Gasteiger partial charge on any atom is 0.263 e. The van der Waals surface area contributed by atoms with E-state index in [-0.39, 0.29) is 5.56 Å². The van der Waals surface area contributed by atoms with Crippen molar-refractivity contribution in [3.63, 3.8) is 0 Å². The molecule has 0 saturated heterocycles. The van der Waals surface area contributed by atoms with E-state index in [1.54, 1.807) is 10.8 Å². The summed E-state index contributed by atoms with van der Waals surface area (Å²) in [7, 11) is 0. The van der Waals surface area contributed by atoms with Crippen LogP contribution in [0, 0.1) is 19.8 Å². The highest BCUT2D eigenvalue weighted by atomic mass is 32.1. The second-order valence-electron chi connectivity index (χ2n) is 4.87. The first-order valence-electron chi connectivity index (χ1n) is 6.14. The first-order chi connectivity index (χ1) is 8.65. The van der Waals surface area contributed by atoms with Gasteiger partial charge in [-0.05, 0) is 32.6 Å². The summed E-state index contributed by atoms with van der Waals surface area (Å²) in [6, 6.07) is 0. The second-order valence-corrected chi connectivity index (χ2v) is 5.73. The number of aromatic nitrogens is 3. The predicted molar refractivity (Wildman–Crippen MR) is 71.8 cm³/mol. The normalized spacial score (nSPS) is 15.0. The van der Waals surface area contributed by atoms with Crippen molar-refractivity contribution in [2.75, 3.05) is 0 Å². The van der Waals surface area contributed by atoms with Crippen molar-refractivity contribution < 1.29 is 0 Å². The standard InChI is InChI=1S/C13H15N3OS/c1-8-7-18-12(15-8)11-5-14-9(2)16(13(11)17)6-10-3-4-10/h5,7,10H,3-4,6H2,1-2H3. The number of hydrogen-bond acceptors (Lipinski definition) is 4. The molecule has 2 aromatic heterocycles. The Hall–Kier alpha value is -1.49. The van der Waals surface area contributed by atoms with E-state index in [4.69, 9.17) is 0 Å². The van der Waals surface area contributed by atoms with E-state index >= 15 is 0 Å². The highest BCUT2D eigenvalue weighted by Crippen LogP contribution is 2.30. The van der Waals surface area contributed by atoms with E-state index in [1.807, 2.05) is 19.2 Å². The minimum atomic E-state index is 0.0451. The van der Waals surface area contributed by atoms with E-state index in [0.29, 0.717) is 11.5 Å². The van der Waals surface area contributed by atoms with Gasteiger partial charge in [0.1, 0.15) is 10.8 Å². The van der Waals surface area contributed by atoms with Crippen LogP contribution in [0.25, 0.3) is 10.6 Å². The van der Waals surface area contributed by atoms with Gasteiger partial charge in [0.05, 0.1) is 5.56 Å². The molecule has 2 aromatic rings. The predicted octanol–water partition coefficient (Wildman–Crippen LogP) is 2.39. The van der Waals surface area contributed by atoms with Crippen molar-refractivity contribution in [1.29, 1.82) is 0 Å². The Balaban J connectivity index is 2.07. The third kappa shape index (κ3) is 2.10. The van der Waals surface area contributed by atoms with E-state index < -0.39 is 0 Å². The summed E-state index contributed by atoms with van der Waals surface area (Å²) < 4.78 is 1.80. The fourth-order valence-electron chi connectivity index (χ4n) is 1.97. The molecular formula is C13H15N3OS. The highest BCUT2D eigenvalue weighted by molar-refractivity contribution is 7.13. The SMILES string of the molecule is Cc1csc(-c2cnc(C)n(CC3CC3)c2=O)n1. The Kier molecular flexibility index (Phi) is 2.78. The van der Waals surface area contributed by atoms with Gasteiger partial charge in [-0.1, -0.05) is 0 Å². The molecule has 0 unspecified atom stereocenters. The third-order valence-electron chi connectivity index (χ3n) is 3.23. The fraction of sp³-hybridized carbons (Fsp3) is 0.462. The van der Waals surface area contributed by atoms with Gasteiger partial charge >= 0.3 is 0 Å². The lowest BCUT2D eigenvalue weighted by atomic mass is 10.3. The Morgan fingerprint density at radius 2 is 2.22 bits per heavy atom. The molecule has 3 rings (SSSR count). The Morgan fingerprint density at radius 1 is 1.44 bits per heavy atom. The van der Waals surface area contributed by atoms with Crippen LogP contribution in [-0.4, -0.2) is 14.5 Å². The molecule has 1 fully saturated rings. The van der Waals surface area contributed by atoms with Crippen molar-refractivity contribution in [3.05, 3.63) is 33.4 Å². The van der Waals surface area contributed by atoms with Crippen molar-refractivity contribution in [2.24, 2.45) is 5.92 Å². The first-order valence-corrected chi connectivity index (χ1v) is 7.02. The zero-order valence-electron chi connectivity index (χ0n) is 10.5. The van der Waals surface area contributed by atoms with Gasteiger partial charge in [0, 0.05) is 23.8 Å². The van der Waals surface area contributed by atoms with E-state index in [0.717, 1.165) is 23.1 Å². The molecule has 18 heavy (non-hydrogen) atoms. The molecular weight excluding hydrogens is 246 g/mol. The molecule has 5 heteroatoms. The molecule has 4 nitrogen and oxygen atoms in total. The molecule has 0 bridgehead atoms. The van der Waals surface area contributed by atoms with Crippen LogP contribution in [0.2, 0.25) is 0 Å². The van der Waals surface area contributed by atoms with Crippen LogP contribution >= 0.6 is 11.3 Å². The average molecular weight is 261 g/mol. The topological polar surface area (TPSA) is 47.8 Å². The monoisotopic (exact) mass is 261 g/mol. The number of nitrogens with zero attached hydrogens (tertiary/aromatic N) is 3. The van der Waals surface area contributed by atoms with E-state index in [1.165, 1.54) is 24.2 Å². The molecule has 0 radical (unpaired) electrons. The van der Waals surface area contributed by atoms with Crippen molar-refractivity contribution in [3.8, 4) is 10.6 Å². The molecule has 0 aliphatic heterocycles. The van der Waals surface area contributed by atoms with Gasteiger partial charge in [0.15, 0.2) is 0 Å². The third-order valence-corrected chi connectivity index (χ3v) is 4.23. The van der Waals surface area contributed by atoms with Gasteiger partial charge in [0.2, 0.25) is 0 Å². The van der Waals surface area contributed by atoms with Crippen molar-refractivity contribution in [2.45, 2.75) is 33.2 Å². The van der Waals surface area contributed by atoms with Crippen LogP contribution in [0.5, 0.6) is 0 Å². The quantitative estimate of drug-likeness (QED) is 0.852. The van der Waals surface area contributed by atoms with Gasteiger partial charge in [-0.2, -0.15) is 0 Å². The first kappa shape index (κ1) is 11.6. The summed E-state index contributed by atoms with van der Waals surface area (Å²) in [5.41, 5.74) is 1.62. The number of rotatable bonds is 3. The van der Waals surface area contributed by atoms with Crippen LogP contribution in [0.4, 0.5) is 0 Å². The summed E-state index contributed by atoms with van der Waals surface area (Å²) in [5.74, 6) is 1.46. The van der Waals surface area contributed by atoms with Crippen LogP contribution in [-0.2, 0) is 6.54 Å². The molecule has 1 aliphatic carbocycles. The van der Waals surface area contributed by atoms with Gasteiger partial charge in [-0.25, -0.2) is 9.97 Å². The summed E-state index contributed by atoms with van der Waals surface area (Å²) in [6.45, 7) is 4.63. The molecule has 0 aromatic carbocycles. The Morgan fingerprint density at radius 3 is 2.83 bits per heavy atom. The zero-order valence-corrected chi connectivity index (χ0v) is 11.3. The smallest absolute Gasteiger partial charge is 0.263 e. The van der Waals surface area contributed by atoms with Crippen LogP contribution in [0.3, 0.4) is 0 Å². The summed E-state index contributed by atoms with van der Waals surface area (Å²) in [5, 5.41) is 2.73. The van der Waals surface area contributed by atoms with Crippen molar-refractivity contribution >= 4 is 11.3 Å². The molecule has 0 spiro atoms. The summed E-state index contributed by atoms with van der Waals surface area (Å²) in [6.07, 6.45) is 4.11. The molecule has 0 atom stereocenters. The lowest BCUT2D eigenvalue weighted by Crippen LogP contribution is -2.25. The molecule has 1 saturated carbocycles. The number of hydrogen-bond donors (Lipinski definition) is 0. The van der Waals surface area contributed by atoms with Gasteiger partial charge < -0.3 is 0 Å². The molecule has 94 valence electrons. The molecule has 2 heterocycles. The lowest BCUT2D eigenvalue weighted by molar-refractivity contribution is 0.578. The highest BCUT2D eigenvalue weighted by Gasteiger charge is 2.24. The van der Waals surface area contributed by atoms with E-state index in [2.05, 4.69) is 9.97 Å². The molecule has 1 aliphatic rings. The van der Waals surface area contributed by atoms with Crippen LogP contribution < -0.4 is 5.56 Å². The maximum atomic E-state index is 12.5. The Bertz CT molecular complexity index is 640. The molecule has 0 N–H and O–H groups in total. The fourth-order valence-corrected chi connectivity index (χ4v) is 2.77. The largest absolute Gasteiger partial charge is 0.296 e. The van der Waals surface area contributed by atoms with Crippen LogP contribution in [0.15, 0.2) is 16.4 Å². The van der Waals surface area contributed by atoms with Crippen molar-refractivity contribution in [1.82, 2.24) is 14.5 Å². The summed E-state index contributed by atoms with van der Waals surface area (Å²) >= 11 is 1.50. The Labute approximate surface area is 109 Å². The van der Waals surface area contributed by atoms with Gasteiger partial charge in [0.25, 0.3) is 5.56 Å². The molecule has 0 amide bonds. The zero-order chi connectivity index (χ0) is 12.7.